The Balaban J connectivity index is 1.40. The number of ether oxygens (including phenoxy) is 1. The van der Waals surface area contributed by atoms with Crippen LogP contribution in [0.2, 0.25) is 0 Å². The Morgan fingerprint density at radius 3 is 2.39 bits per heavy atom. The van der Waals surface area contributed by atoms with Gasteiger partial charge in [-0.1, -0.05) is 29.8 Å². The second-order valence-corrected chi connectivity index (χ2v) is 9.41. The van der Waals surface area contributed by atoms with Gasteiger partial charge >= 0.3 is 0 Å². The Bertz CT molecular complexity index is 1230. The molecule has 8 heteroatoms. The minimum Gasteiger partial charge on any atom is -0.497 e. The molecule has 0 spiro atoms. The first-order valence-electron chi connectivity index (χ1n) is 9.64. The monoisotopic (exact) mass is 467 g/mol. The topological polar surface area (TPSA) is 55.3 Å². The Kier molecular flexibility index (Phi) is 5.25. The number of hydrogen-bond donors (Lipinski definition) is 0. The molecule has 5 rings (SSSR count). The van der Waals surface area contributed by atoms with Gasteiger partial charge in [0.15, 0.2) is 5.13 Å². The van der Waals surface area contributed by atoms with Crippen molar-refractivity contribution in [3.05, 3.63) is 70.4 Å². The number of rotatable bonds is 5. The van der Waals surface area contributed by atoms with Gasteiger partial charge in [0.25, 0.3) is 0 Å². The number of aryl methyl sites for hydroxylation is 1. The number of benzene rings is 2. The van der Waals surface area contributed by atoms with E-state index in [2.05, 4.69) is 0 Å². The summed E-state index contributed by atoms with van der Waals surface area (Å²) >= 11 is 9.33. The summed E-state index contributed by atoms with van der Waals surface area (Å²) in [7, 11) is 1.65. The molecule has 0 saturated carbocycles. The van der Waals surface area contributed by atoms with Gasteiger partial charge < -0.3 is 4.74 Å². The second kappa shape index (κ2) is 8.07. The van der Waals surface area contributed by atoms with Crippen LogP contribution >= 0.6 is 34.3 Å². The van der Waals surface area contributed by atoms with Crippen LogP contribution in [0.5, 0.6) is 5.75 Å². The summed E-state index contributed by atoms with van der Waals surface area (Å²) in [5.41, 5.74) is 4.84. The van der Waals surface area contributed by atoms with Crippen LogP contribution in [-0.4, -0.2) is 28.4 Å². The number of halogens is 1. The van der Waals surface area contributed by atoms with E-state index in [4.69, 9.17) is 26.3 Å². The first kappa shape index (κ1) is 20.2. The molecule has 0 aliphatic carbocycles. The third kappa shape index (κ3) is 3.63. The van der Waals surface area contributed by atoms with Gasteiger partial charge in [0.2, 0.25) is 5.91 Å². The minimum atomic E-state index is -0.573. The molecule has 1 aliphatic rings. The average molecular weight is 468 g/mol. The lowest BCUT2D eigenvalue weighted by atomic mass is 9.93. The number of nitrogens with zero attached hydrogens (tertiary/aromatic N) is 3. The normalized spacial score (nSPS) is 18.2. The highest BCUT2D eigenvalue weighted by molar-refractivity contribution is 7.16. The maximum atomic E-state index is 12.5. The fourth-order valence-corrected chi connectivity index (χ4v) is 5.58. The van der Waals surface area contributed by atoms with Gasteiger partial charge in [-0.25, -0.2) is 9.97 Å². The highest BCUT2D eigenvalue weighted by Crippen LogP contribution is 2.44. The number of hydrogen-bond acceptors (Lipinski definition) is 6. The number of methoxy groups -OCH3 is 1. The van der Waals surface area contributed by atoms with Gasteiger partial charge in [-0.2, -0.15) is 0 Å². The summed E-state index contributed by atoms with van der Waals surface area (Å²) in [6.07, 6.45) is 0. The Morgan fingerprint density at radius 2 is 1.68 bits per heavy atom. The highest BCUT2D eigenvalue weighted by Gasteiger charge is 2.49. The van der Waals surface area contributed by atoms with E-state index in [9.17, 15) is 4.79 Å². The molecular formula is C23H18ClN3O2S2. The molecular weight excluding hydrogens is 450 g/mol. The third-order valence-corrected chi connectivity index (χ3v) is 7.38. The molecule has 2 atom stereocenters. The van der Waals surface area contributed by atoms with Gasteiger partial charge in [0.1, 0.15) is 21.8 Å². The molecule has 1 saturated heterocycles. The predicted octanol–water partition coefficient (Wildman–Crippen LogP) is 5.95. The fraction of sp³-hybridized carbons (Fsp3) is 0.174. The number of β-lactam (4-membered cyclic amide) rings is 1. The molecule has 3 heterocycles. The van der Waals surface area contributed by atoms with Crippen LogP contribution in [0, 0.1) is 6.92 Å². The van der Waals surface area contributed by atoms with E-state index in [0.29, 0.717) is 5.13 Å². The maximum Gasteiger partial charge on any atom is 0.249 e. The molecule has 2 unspecified atom stereocenters. The summed E-state index contributed by atoms with van der Waals surface area (Å²) in [5.74, 6) is 0.689. The molecule has 4 aromatic rings. The molecule has 5 nitrogen and oxygen atoms in total. The summed E-state index contributed by atoms with van der Waals surface area (Å²) in [4.78, 5) is 23.7. The smallest absolute Gasteiger partial charge is 0.249 e. The lowest BCUT2D eigenvalue weighted by molar-refractivity contribution is -0.123. The molecule has 31 heavy (non-hydrogen) atoms. The van der Waals surface area contributed by atoms with E-state index in [0.717, 1.165) is 33.3 Å². The van der Waals surface area contributed by atoms with Gasteiger partial charge in [-0.15, -0.1) is 34.3 Å². The summed E-state index contributed by atoms with van der Waals surface area (Å²) in [6.45, 7) is 2.03. The first-order valence-corrected chi connectivity index (χ1v) is 11.8. The van der Waals surface area contributed by atoms with Crippen LogP contribution in [0.25, 0.3) is 22.0 Å². The predicted molar refractivity (Wildman–Crippen MR) is 126 cm³/mol. The molecule has 0 N–H and O–H groups in total. The molecule has 2 aromatic carbocycles. The van der Waals surface area contributed by atoms with Gasteiger partial charge in [0.05, 0.1) is 18.8 Å². The van der Waals surface area contributed by atoms with Crippen molar-refractivity contribution in [3.63, 3.8) is 0 Å². The van der Waals surface area contributed by atoms with Gasteiger partial charge in [0, 0.05) is 16.3 Å². The van der Waals surface area contributed by atoms with E-state index in [1.165, 1.54) is 28.2 Å². The molecule has 0 bridgehead atoms. The Morgan fingerprint density at radius 1 is 0.968 bits per heavy atom. The SMILES string of the molecule is COc1ccc(-c2csc(-c3csc(N4C(=O)C(Cl)C4c4ccc(C)cc4)n3)n2)cc1. The third-order valence-electron chi connectivity index (χ3n) is 5.25. The van der Waals surface area contributed by atoms with Crippen molar-refractivity contribution in [1.29, 1.82) is 0 Å². The summed E-state index contributed by atoms with van der Waals surface area (Å²) in [5, 5.41) is 4.83. The molecule has 0 radical (unpaired) electrons. The van der Waals surface area contributed by atoms with Crippen molar-refractivity contribution in [2.75, 3.05) is 12.0 Å². The fourth-order valence-electron chi connectivity index (χ4n) is 3.51. The average Bonchev–Trinajstić information content (AvgIpc) is 3.47. The van der Waals surface area contributed by atoms with E-state index < -0.39 is 5.38 Å². The van der Waals surface area contributed by atoms with E-state index in [1.807, 2.05) is 66.2 Å². The van der Waals surface area contributed by atoms with Crippen molar-refractivity contribution in [1.82, 2.24) is 9.97 Å². The molecule has 156 valence electrons. The van der Waals surface area contributed by atoms with Crippen LogP contribution in [0.15, 0.2) is 59.3 Å². The first-order chi connectivity index (χ1) is 15.0. The zero-order valence-electron chi connectivity index (χ0n) is 16.8. The second-order valence-electron chi connectivity index (χ2n) is 7.25. The summed E-state index contributed by atoms with van der Waals surface area (Å²) < 4.78 is 5.22. The zero-order valence-corrected chi connectivity index (χ0v) is 19.2. The van der Waals surface area contributed by atoms with Crippen molar-refractivity contribution < 1.29 is 9.53 Å². The number of carbonyl (C=O) groups is 1. The van der Waals surface area contributed by atoms with Crippen LogP contribution in [-0.2, 0) is 4.79 Å². The number of carbonyl (C=O) groups excluding carboxylic acids is 1. The number of alkyl halides is 1. The molecule has 1 aliphatic heterocycles. The van der Waals surface area contributed by atoms with Crippen LogP contribution in [0.4, 0.5) is 5.13 Å². The van der Waals surface area contributed by atoms with Crippen molar-refractivity contribution in [2.45, 2.75) is 18.3 Å². The number of anilines is 1. The lowest BCUT2D eigenvalue weighted by Gasteiger charge is -2.42. The Labute approximate surface area is 192 Å². The number of aromatic nitrogens is 2. The lowest BCUT2D eigenvalue weighted by Crippen LogP contribution is -2.56. The largest absolute Gasteiger partial charge is 0.497 e. The van der Waals surface area contributed by atoms with Crippen molar-refractivity contribution in [2.24, 2.45) is 0 Å². The Hall–Kier alpha value is -2.74. The minimum absolute atomic E-state index is 0.119. The maximum absolute atomic E-state index is 12.5. The van der Waals surface area contributed by atoms with Crippen molar-refractivity contribution in [3.8, 4) is 27.7 Å². The molecule has 1 fully saturated rings. The summed E-state index contributed by atoms with van der Waals surface area (Å²) in [6, 6.07) is 15.7. The van der Waals surface area contributed by atoms with E-state index >= 15 is 0 Å². The van der Waals surface area contributed by atoms with Gasteiger partial charge in [-0.05, 0) is 36.8 Å². The highest BCUT2D eigenvalue weighted by atomic mass is 35.5. The zero-order chi connectivity index (χ0) is 21.5. The van der Waals surface area contributed by atoms with Crippen molar-refractivity contribution >= 4 is 45.3 Å². The molecule has 2 aromatic heterocycles. The number of amides is 1. The van der Waals surface area contributed by atoms with Crippen LogP contribution in [0.3, 0.4) is 0 Å². The molecule has 1 amide bonds. The van der Waals surface area contributed by atoms with Crippen LogP contribution < -0.4 is 9.64 Å². The van der Waals surface area contributed by atoms with Crippen LogP contribution in [0.1, 0.15) is 17.2 Å². The quantitative estimate of drug-likeness (QED) is 0.269. The number of thiazole rings is 2. The standard InChI is InChI=1S/C23H18ClN3O2S2/c1-13-3-5-15(6-4-13)20-19(24)22(28)27(20)23-26-18(12-31-23)21-25-17(11-30-21)14-7-9-16(29-2)10-8-14/h3-12,19-20H,1-2H3. The van der Waals surface area contributed by atoms with Gasteiger partial charge in [-0.3, -0.25) is 9.69 Å². The van der Waals surface area contributed by atoms with E-state index in [1.54, 1.807) is 12.0 Å². The van der Waals surface area contributed by atoms with E-state index in [-0.39, 0.29) is 11.9 Å².